The van der Waals surface area contributed by atoms with Gasteiger partial charge in [0, 0.05) is 23.6 Å². The number of hydrogen-bond donors (Lipinski definition) is 2. The molecule has 0 fully saturated rings. The van der Waals surface area contributed by atoms with E-state index in [2.05, 4.69) is 10.3 Å². The van der Waals surface area contributed by atoms with Crippen molar-refractivity contribution >= 4 is 33.8 Å². The van der Waals surface area contributed by atoms with Gasteiger partial charge in [-0.2, -0.15) is 0 Å². The SMILES string of the molecule is CC(=O)c1csc(NC(=O)c2cc(C)cc(N)c2)n1. The van der Waals surface area contributed by atoms with Gasteiger partial charge in [0.15, 0.2) is 10.9 Å². The van der Waals surface area contributed by atoms with Gasteiger partial charge >= 0.3 is 0 Å². The Morgan fingerprint density at radius 1 is 1.32 bits per heavy atom. The molecule has 1 aromatic heterocycles. The van der Waals surface area contributed by atoms with Crippen molar-refractivity contribution in [3.8, 4) is 0 Å². The van der Waals surface area contributed by atoms with Gasteiger partial charge in [0.25, 0.3) is 5.91 Å². The summed E-state index contributed by atoms with van der Waals surface area (Å²) in [5.74, 6) is -0.420. The standard InChI is InChI=1S/C13H13N3O2S/c1-7-3-9(5-10(14)4-7)12(18)16-13-15-11(6-19-13)8(2)17/h3-6H,14H2,1-2H3,(H,15,16,18). The number of hydrogen-bond acceptors (Lipinski definition) is 5. The molecule has 0 aliphatic rings. The van der Waals surface area contributed by atoms with Gasteiger partial charge in [-0.1, -0.05) is 0 Å². The lowest BCUT2D eigenvalue weighted by Crippen LogP contribution is -2.12. The first-order chi connectivity index (χ1) is 8.95. The third-order valence-electron chi connectivity index (χ3n) is 2.45. The summed E-state index contributed by atoms with van der Waals surface area (Å²) < 4.78 is 0. The number of nitrogen functional groups attached to an aromatic ring is 1. The minimum Gasteiger partial charge on any atom is -0.399 e. The Morgan fingerprint density at radius 2 is 2.05 bits per heavy atom. The number of amides is 1. The number of carbonyl (C=O) groups is 2. The van der Waals surface area contributed by atoms with Crippen LogP contribution >= 0.6 is 11.3 Å². The fraction of sp³-hybridized carbons (Fsp3) is 0.154. The van der Waals surface area contributed by atoms with Crippen molar-refractivity contribution in [1.29, 1.82) is 0 Å². The highest BCUT2D eigenvalue weighted by Gasteiger charge is 2.11. The molecule has 0 spiro atoms. The molecular weight excluding hydrogens is 262 g/mol. The number of aryl methyl sites for hydroxylation is 1. The van der Waals surface area contributed by atoms with Crippen molar-refractivity contribution in [2.75, 3.05) is 11.1 Å². The number of thiazole rings is 1. The van der Waals surface area contributed by atoms with Gasteiger partial charge in [-0.3, -0.25) is 14.9 Å². The normalized spacial score (nSPS) is 10.2. The van der Waals surface area contributed by atoms with Crippen LogP contribution in [0.4, 0.5) is 10.8 Å². The first-order valence-electron chi connectivity index (χ1n) is 5.60. The molecule has 0 saturated heterocycles. The van der Waals surface area contributed by atoms with Crippen molar-refractivity contribution in [2.24, 2.45) is 0 Å². The van der Waals surface area contributed by atoms with Gasteiger partial charge in [-0.25, -0.2) is 4.98 Å². The van der Waals surface area contributed by atoms with E-state index in [0.717, 1.165) is 5.56 Å². The lowest BCUT2D eigenvalue weighted by atomic mass is 10.1. The fourth-order valence-corrected chi connectivity index (χ4v) is 2.35. The molecule has 0 unspecified atom stereocenters. The molecule has 98 valence electrons. The van der Waals surface area contributed by atoms with E-state index in [0.29, 0.717) is 22.1 Å². The summed E-state index contributed by atoms with van der Waals surface area (Å²) in [5.41, 5.74) is 7.96. The number of carbonyl (C=O) groups excluding carboxylic acids is 2. The molecule has 0 aliphatic heterocycles. The van der Waals surface area contributed by atoms with Crippen molar-refractivity contribution in [3.05, 3.63) is 40.4 Å². The second kappa shape index (κ2) is 5.19. The predicted octanol–water partition coefficient (Wildman–Crippen LogP) is 2.49. The molecule has 0 bridgehead atoms. The smallest absolute Gasteiger partial charge is 0.257 e. The van der Waals surface area contributed by atoms with Crippen LogP contribution in [0, 0.1) is 6.92 Å². The molecule has 2 rings (SSSR count). The molecule has 6 heteroatoms. The van der Waals surface area contributed by atoms with Gasteiger partial charge in [-0.15, -0.1) is 11.3 Å². The molecule has 2 aromatic rings. The average molecular weight is 275 g/mol. The van der Waals surface area contributed by atoms with Crippen LogP contribution in [0.1, 0.15) is 33.3 Å². The Balaban J connectivity index is 2.18. The second-order valence-corrected chi connectivity index (χ2v) is 5.04. The Morgan fingerprint density at radius 3 is 2.63 bits per heavy atom. The first-order valence-corrected chi connectivity index (χ1v) is 6.48. The van der Waals surface area contributed by atoms with Crippen molar-refractivity contribution in [3.63, 3.8) is 0 Å². The Hall–Kier alpha value is -2.21. The van der Waals surface area contributed by atoms with E-state index in [1.165, 1.54) is 18.3 Å². The van der Waals surface area contributed by atoms with E-state index in [9.17, 15) is 9.59 Å². The minimum absolute atomic E-state index is 0.128. The number of ketones is 1. The number of rotatable bonds is 3. The quantitative estimate of drug-likeness (QED) is 0.665. The average Bonchev–Trinajstić information content (AvgIpc) is 2.76. The topological polar surface area (TPSA) is 85.1 Å². The van der Waals surface area contributed by atoms with Crippen LogP contribution in [-0.2, 0) is 0 Å². The van der Waals surface area contributed by atoms with Gasteiger partial charge in [-0.05, 0) is 30.7 Å². The molecule has 1 heterocycles. The highest BCUT2D eigenvalue weighted by molar-refractivity contribution is 7.14. The van der Waals surface area contributed by atoms with Crippen LogP contribution < -0.4 is 11.1 Å². The number of Topliss-reactive ketones (excluding diaryl/α,β-unsaturated/α-hetero) is 1. The summed E-state index contributed by atoms with van der Waals surface area (Å²) in [5, 5.41) is 4.66. The van der Waals surface area contributed by atoms with Gasteiger partial charge in [0.1, 0.15) is 5.69 Å². The molecule has 0 radical (unpaired) electrons. The number of nitrogens with one attached hydrogen (secondary N) is 1. The maximum atomic E-state index is 12.0. The number of nitrogens with two attached hydrogens (primary N) is 1. The maximum absolute atomic E-state index is 12.0. The van der Waals surface area contributed by atoms with Gasteiger partial charge in [0.05, 0.1) is 0 Å². The predicted molar refractivity (Wildman–Crippen MR) is 75.7 cm³/mol. The van der Waals surface area contributed by atoms with E-state index in [1.54, 1.807) is 23.6 Å². The monoisotopic (exact) mass is 275 g/mol. The van der Waals surface area contributed by atoms with Crippen molar-refractivity contribution in [1.82, 2.24) is 4.98 Å². The number of anilines is 2. The number of benzene rings is 1. The van der Waals surface area contributed by atoms with Crippen LogP contribution in [-0.4, -0.2) is 16.7 Å². The maximum Gasteiger partial charge on any atom is 0.257 e. The summed E-state index contributed by atoms with van der Waals surface area (Å²) in [4.78, 5) is 27.2. The zero-order valence-corrected chi connectivity index (χ0v) is 11.4. The molecule has 0 saturated carbocycles. The zero-order chi connectivity index (χ0) is 14.0. The van der Waals surface area contributed by atoms with Crippen LogP contribution in [0.25, 0.3) is 0 Å². The lowest BCUT2D eigenvalue weighted by molar-refractivity contribution is 0.100. The summed E-state index contributed by atoms with van der Waals surface area (Å²) >= 11 is 1.21. The minimum atomic E-state index is -0.292. The summed E-state index contributed by atoms with van der Waals surface area (Å²) in [6, 6.07) is 5.13. The first kappa shape index (κ1) is 13.2. The highest BCUT2D eigenvalue weighted by Crippen LogP contribution is 2.18. The van der Waals surface area contributed by atoms with Crippen LogP contribution in [0.3, 0.4) is 0 Å². The van der Waals surface area contributed by atoms with Crippen LogP contribution in [0.5, 0.6) is 0 Å². The summed E-state index contributed by atoms with van der Waals surface area (Å²) in [6.07, 6.45) is 0. The molecule has 0 atom stereocenters. The Kier molecular flexibility index (Phi) is 3.62. The third kappa shape index (κ3) is 3.17. The Labute approximate surface area is 114 Å². The zero-order valence-electron chi connectivity index (χ0n) is 10.6. The lowest BCUT2D eigenvalue weighted by Gasteiger charge is -2.04. The number of aromatic nitrogens is 1. The van der Waals surface area contributed by atoms with Crippen molar-refractivity contribution < 1.29 is 9.59 Å². The molecule has 5 nitrogen and oxygen atoms in total. The molecule has 1 aromatic carbocycles. The third-order valence-corrected chi connectivity index (χ3v) is 3.20. The largest absolute Gasteiger partial charge is 0.399 e. The highest BCUT2D eigenvalue weighted by atomic mass is 32.1. The van der Waals surface area contributed by atoms with Gasteiger partial charge < -0.3 is 5.73 Å². The number of nitrogens with zero attached hydrogens (tertiary/aromatic N) is 1. The molecular formula is C13H13N3O2S. The van der Waals surface area contributed by atoms with Crippen molar-refractivity contribution in [2.45, 2.75) is 13.8 Å². The van der Waals surface area contributed by atoms with E-state index in [-0.39, 0.29) is 11.7 Å². The Bertz CT molecular complexity index is 629. The fourth-order valence-electron chi connectivity index (χ4n) is 1.61. The summed E-state index contributed by atoms with van der Waals surface area (Å²) in [6.45, 7) is 3.30. The van der Waals surface area contributed by atoms with Gasteiger partial charge in [0.2, 0.25) is 0 Å². The second-order valence-electron chi connectivity index (χ2n) is 4.18. The molecule has 19 heavy (non-hydrogen) atoms. The molecule has 0 aliphatic carbocycles. The van der Waals surface area contributed by atoms with E-state index in [4.69, 9.17) is 5.73 Å². The van der Waals surface area contributed by atoms with E-state index in [1.807, 2.05) is 6.92 Å². The van der Waals surface area contributed by atoms with Crippen LogP contribution in [0.15, 0.2) is 23.6 Å². The van der Waals surface area contributed by atoms with Crippen LogP contribution in [0.2, 0.25) is 0 Å². The molecule has 1 amide bonds. The van der Waals surface area contributed by atoms with E-state index < -0.39 is 0 Å². The summed E-state index contributed by atoms with van der Waals surface area (Å²) in [7, 11) is 0. The molecule has 3 N–H and O–H groups in total. The van der Waals surface area contributed by atoms with E-state index >= 15 is 0 Å².